The van der Waals surface area contributed by atoms with E-state index in [0.717, 1.165) is 6.54 Å². The fraction of sp³-hybridized carbons (Fsp3) is 0.462. The van der Waals surface area contributed by atoms with Crippen LogP contribution in [0.3, 0.4) is 0 Å². The topological polar surface area (TPSA) is 36.4 Å². The monoisotopic (exact) mass is 397 g/mol. The van der Waals surface area contributed by atoms with Crippen LogP contribution in [0.4, 0.5) is 4.39 Å². The van der Waals surface area contributed by atoms with Gasteiger partial charge in [-0.25, -0.2) is 4.39 Å². The van der Waals surface area contributed by atoms with Gasteiger partial charge < -0.3 is 10.6 Å². The molecule has 0 saturated carbocycles. The Kier molecular flexibility index (Phi) is 10.0. The maximum absolute atomic E-state index is 13.4. The fourth-order valence-corrected chi connectivity index (χ4v) is 1.62. The predicted octanol–water partition coefficient (Wildman–Crippen LogP) is 2.86. The Labute approximate surface area is 135 Å². The van der Waals surface area contributed by atoms with Gasteiger partial charge in [-0.1, -0.05) is 25.1 Å². The smallest absolute Gasteiger partial charge is 0.191 e. The molecule has 2 N–H and O–H groups in total. The van der Waals surface area contributed by atoms with Crippen LogP contribution >= 0.6 is 35.7 Å². The number of nitrogens with one attached hydrogen (secondary N) is 2. The van der Waals surface area contributed by atoms with E-state index in [1.54, 1.807) is 30.9 Å². The molecule has 0 spiro atoms. The number of aliphatic imine (C=N–C) groups is 1. The number of nitrogens with zero attached hydrogens (tertiary/aromatic N) is 1. The molecular formula is C13H21FIN3S. The molecule has 0 heterocycles. The third-order valence-electron chi connectivity index (χ3n) is 2.59. The standard InChI is InChI=1S/C13H20FN3S.HI/c1-10(18-3)8-16-13(15-2)17-9-11-6-4-5-7-12(11)14;/h4-7,10H,8-9H2,1-3H3,(H2,15,16,17);1H. The summed E-state index contributed by atoms with van der Waals surface area (Å²) < 4.78 is 13.4. The lowest BCUT2D eigenvalue weighted by Gasteiger charge is -2.14. The van der Waals surface area contributed by atoms with Gasteiger partial charge >= 0.3 is 0 Å². The molecule has 3 nitrogen and oxygen atoms in total. The zero-order valence-electron chi connectivity index (χ0n) is 11.4. The summed E-state index contributed by atoms with van der Waals surface area (Å²) >= 11 is 1.79. The van der Waals surface area contributed by atoms with E-state index in [2.05, 4.69) is 28.8 Å². The van der Waals surface area contributed by atoms with Gasteiger partial charge in [0.15, 0.2) is 5.96 Å². The van der Waals surface area contributed by atoms with Crippen molar-refractivity contribution in [3.05, 3.63) is 35.6 Å². The van der Waals surface area contributed by atoms with Crippen LogP contribution in [0.2, 0.25) is 0 Å². The highest BCUT2D eigenvalue weighted by Crippen LogP contribution is 2.05. The molecule has 1 aromatic rings. The second-order valence-electron chi connectivity index (χ2n) is 3.94. The van der Waals surface area contributed by atoms with E-state index in [9.17, 15) is 4.39 Å². The van der Waals surface area contributed by atoms with E-state index in [-0.39, 0.29) is 29.8 Å². The minimum Gasteiger partial charge on any atom is -0.355 e. The Morgan fingerprint density at radius 3 is 2.63 bits per heavy atom. The zero-order chi connectivity index (χ0) is 13.4. The minimum absolute atomic E-state index is 0. The molecule has 1 rings (SSSR count). The van der Waals surface area contributed by atoms with Crippen molar-refractivity contribution in [3.63, 3.8) is 0 Å². The van der Waals surface area contributed by atoms with Crippen molar-refractivity contribution in [3.8, 4) is 0 Å². The summed E-state index contributed by atoms with van der Waals surface area (Å²) in [7, 11) is 1.71. The Morgan fingerprint density at radius 2 is 2.05 bits per heavy atom. The highest BCUT2D eigenvalue weighted by atomic mass is 127. The third kappa shape index (κ3) is 7.00. The van der Waals surface area contributed by atoms with Gasteiger partial charge in [0.1, 0.15) is 5.82 Å². The van der Waals surface area contributed by atoms with Crippen LogP contribution in [-0.4, -0.2) is 31.1 Å². The maximum Gasteiger partial charge on any atom is 0.191 e. The molecule has 0 amide bonds. The number of halogens is 2. The SMILES string of the molecule is CN=C(NCc1ccccc1F)NCC(C)SC.I. The molecule has 6 heteroatoms. The number of hydrogen-bond donors (Lipinski definition) is 2. The van der Waals surface area contributed by atoms with E-state index >= 15 is 0 Å². The van der Waals surface area contributed by atoms with Crippen molar-refractivity contribution in [2.24, 2.45) is 4.99 Å². The minimum atomic E-state index is -0.196. The van der Waals surface area contributed by atoms with Crippen LogP contribution in [0.15, 0.2) is 29.3 Å². The van der Waals surface area contributed by atoms with Crippen LogP contribution in [0, 0.1) is 5.82 Å². The average Bonchev–Trinajstić information content (AvgIpc) is 2.40. The van der Waals surface area contributed by atoms with Gasteiger partial charge in [0.2, 0.25) is 0 Å². The first-order chi connectivity index (χ1) is 8.67. The molecule has 0 bridgehead atoms. The molecule has 0 radical (unpaired) electrons. The molecule has 0 saturated heterocycles. The number of hydrogen-bond acceptors (Lipinski definition) is 2. The lowest BCUT2D eigenvalue weighted by molar-refractivity contribution is 0.604. The highest BCUT2D eigenvalue weighted by molar-refractivity contribution is 14.0. The summed E-state index contributed by atoms with van der Waals surface area (Å²) in [5.41, 5.74) is 0.637. The first kappa shape index (κ1) is 18.5. The quantitative estimate of drug-likeness (QED) is 0.456. The summed E-state index contributed by atoms with van der Waals surface area (Å²) in [5, 5.41) is 6.81. The summed E-state index contributed by atoms with van der Waals surface area (Å²) in [4.78, 5) is 4.10. The number of rotatable bonds is 5. The first-order valence-corrected chi connectivity index (χ1v) is 7.17. The van der Waals surface area contributed by atoms with Gasteiger partial charge in [0.05, 0.1) is 0 Å². The van der Waals surface area contributed by atoms with Crippen LogP contribution in [0.1, 0.15) is 12.5 Å². The van der Waals surface area contributed by atoms with E-state index in [1.165, 1.54) is 6.07 Å². The summed E-state index contributed by atoms with van der Waals surface area (Å²) in [6.07, 6.45) is 2.07. The van der Waals surface area contributed by atoms with Crippen LogP contribution in [-0.2, 0) is 6.54 Å². The van der Waals surface area contributed by atoms with Gasteiger partial charge in [-0.15, -0.1) is 24.0 Å². The molecule has 1 aromatic carbocycles. The van der Waals surface area contributed by atoms with Gasteiger partial charge in [0.25, 0.3) is 0 Å². The molecular weight excluding hydrogens is 376 g/mol. The van der Waals surface area contributed by atoms with Gasteiger partial charge in [-0.2, -0.15) is 11.8 Å². The molecule has 108 valence electrons. The largest absolute Gasteiger partial charge is 0.355 e. The number of guanidine groups is 1. The van der Waals surface area contributed by atoms with Crippen molar-refractivity contribution < 1.29 is 4.39 Å². The number of benzene rings is 1. The lowest BCUT2D eigenvalue weighted by atomic mass is 10.2. The summed E-state index contributed by atoms with van der Waals surface area (Å²) in [6.45, 7) is 3.40. The summed E-state index contributed by atoms with van der Waals surface area (Å²) in [5.74, 6) is 0.497. The van der Waals surface area contributed by atoms with Crippen molar-refractivity contribution in [2.75, 3.05) is 19.8 Å². The molecule has 0 aliphatic heterocycles. The second-order valence-corrected chi connectivity index (χ2v) is 5.22. The van der Waals surface area contributed by atoms with E-state index in [4.69, 9.17) is 0 Å². The van der Waals surface area contributed by atoms with Gasteiger partial charge in [0, 0.05) is 31.0 Å². The molecule has 19 heavy (non-hydrogen) atoms. The highest BCUT2D eigenvalue weighted by Gasteiger charge is 2.04. The lowest BCUT2D eigenvalue weighted by Crippen LogP contribution is -2.39. The molecule has 1 atom stereocenters. The molecule has 0 aliphatic carbocycles. The summed E-state index contributed by atoms with van der Waals surface area (Å²) in [6, 6.07) is 6.74. The Hall–Kier alpha value is -0.500. The molecule has 1 unspecified atom stereocenters. The van der Waals surface area contributed by atoms with Gasteiger partial charge in [-0.05, 0) is 12.3 Å². The van der Waals surface area contributed by atoms with Gasteiger partial charge in [-0.3, -0.25) is 4.99 Å². The van der Waals surface area contributed by atoms with Crippen LogP contribution in [0.25, 0.3) is 0 Å². The van der Waals surface area contributed by atoms with Crippen molar-refractivity contribution >= 4 is 41.7 Å². The van der Waals surface area contributed by atoms with E-state index in [1.807, 2.05) is 6.07 Å². The zero-order valence-corrected chi connectivity index (χ0v) is 14.6. The predicted molar refractivity (Wildman–Crippen MR) is 93.0 cm³/mol. The van der Waals surface area contributed by atoms with Crippen molar-refractivity contribution in [1.29, 1.82) is 0 Å². The molecule has 0 fully saturated rings. The third-order valence-corrected chi connectivity index (χ3v) is 3.56. The molecule has 0 aromatic heterocycles. The van der Waals surface area contributed by atoms with Crippen LogP contribution in [0.5, 0.6) is 0 Å². The Bertz CT molecular complexity index is 401. The maximum atomic E-state index is 13.4. The normalized spacial score (nSPS) is 12.5. The van der Waals surface area contributed by atoms with Crippen molar-refractivity contribution in [1.82, 2.24) is 10.6 Å². The average molecular weight is 397 g/mol. The van der Waals surface area contributed by atoms with Crippen LogP contribution < -0.4 is 10.6 Å². The first-order valence-electron chi connectivity index (χ1n) is 5.88. The fourth-order valence-electron chi connectivity index (χ4n) is 1.37. The van der Waals surface area contributed by atoms with Crippen molar-refractivity contribution in [2.45, 2.75) is 18.7 Å². The second kappa shape index (κ2) is 10.3. The molecule has 0 aliphatic rings. The van der Waals surface area contributed by atoms with E-state index in [0.29, 0.717) is 23.3 Å². The van der Waals surface area contributed by atoms with E-state index < -0.39 is 0 Å². The Balaban J connectivity index is 0.00000324. The number of thioether (sulfide) groups is 1. The Morgan fingerprint density at radius 1 is 1.37 bits per heavy atom.